The summed E-state index contributed by atoms with van der Waals surface area (Å²) in [7, 11) is 0. The second kappa shape index (κ2) is 6.70. The quantitative estimate of drug-likeness (QED) is 0.890. The first kappa shape index (κ1) is 14.7. The summed E-state index contributed by atoms with van der Waals surface area (Å²) in [5.41, 5.74) is 1.11. The van der Waals surface area contributed by atoms with Crippen molar-refractivity contribution in [3.05, 3.63) is 46.2 Å². The molecule has 2 heterocycles. The number of benzene rings is 1. The molecule has 2 aromatic rings. The fraction of sp³-hybridized carbons (Fsp3) is 0.312. The average Bonchev–Trinajstić information content (AvgIpc) is 3.18. The fourth-order valence-corrected chi connectivity index (χ4v) is 3.01. The maximum absolute atomic E-state index is 11.9. The summed E-state index contributed by atoms with van der Waals surface area (Å²) in [5, 5.41) is 7.81. The highest BCUT2D eigenvalue weighted by molar-refractivity contribution is 7.10. The topological polar surface area (TPSA) is 59.6 Å². The van der Waals surface area contributed by atoms with Crippen LogP contribution in [0.15, 0.2) is 35.7 Å². The number of carbonyl (C=O) groups is 1. The van der Waals surface area contributed by atoms with Crippen molar-refractivity contribution >= 4 is 17.4 Å². The van der Waals surface area contributed by atoms with Gasteiger partial charge in [-0.15, -0.1) is 11.3 Å². The van der Waals surface area contributed by atoms with Crippen molar-refractivity contribution in [2.45, 2.75) is 19.4 Å². The Morgan fingerprint density at radius 3 is 3.00 bits per heavy atom. The number of amides is 2. The lowest BCUT2D eigenvalue weighted by molar-refractivity contribution is 0.174. The highest BCUT2D eigenvalue weighted by atomic mass is 32.1. The van der Waals surface area contributed by atoms with Crippen LogP contribution in [-0.2, 0) is 6.42 Å². The lowest BCUT2D eigenvalue weighted by atomic mass is 10.1. The predicted octanol–water partition coefficient (Wildman–Crippen LogP) is 3.08. The molecule has 1 aromatic heterocycles. The van der Waals surface area contributed by atoms with Crippen LogP contribution in [0.5, 0.6) is 11.5 Å². The largest absolute Gasteiger partial charge is 0.454 e. The molecule has 1 atom stereocenters. The number of hydrogen-bond acceptors (Lipinski definition) is 4. The van der Waals surface area contributed by atoms with Gasteiger partial charge < -0.3 is 20.1 Å². The van der Waals surface area contributed by atoms with E-state index in [1.807, 2.05) is 42.6 Å². The molecule has 2 N–H and O–H groups in total. The predicted molar refractivity (Wildman–Crippen MR) is 85.5 cm³/mol. The standard InChI is InChI=1S/C16H18N2O3S/c1-11(15-3-2-8-22-15)18-16(19)17-7-6-12-4-5-13-14(9-12)21-10-20-13/h2-5,8-9,11H,6-7,10H2,1H3,(H2,17,18,19)/t11-/m1/s1. The zero-order valence-electron chi connectivity index (χ0n) is 12.3. The van der Waals surface area contributed by atoms with Crippen molar-refractivity contribution in [3.8, 4) is 11.5 Å². The molecular weight excluding hydrogens is 300 g/mol. The van der Waals surface area contributed by atoms with Crippen LogP contribution in [-0.4, -0.2) is 19.4 Å². The first-order valence-electron chi connectivity index (χ1n) is 7.18. The fourth-order valence-electron chi connectivity index (χ4n) is 2.27. The van der Waals surface area contributed by atoms with Crippen LogP contribution < -0.4 is 20.1 Å². The zero-order valence-corrected chi connectivity index (χ0v) is 13.1. The number of fused-ring (bicyclic) bond motifs is 1. The SMILES string of the molecule is C[C@@H](NC(=O)NCCc1ccc2c(c1)OCO2)c1cccs1. The number of urea groups is 1. The molecule has 22 heavy (non-hydrogen) atoms. The van der Waals surface area contributed by atoms with Crippen LogP contribution in [0, 0.1) is 0 Å². The lowest BCUT2D eigenvalue weighted by Crippen LogP contribution is -2.37. The van der Waals surface area contributed by atoms with Gasteiger partial charge in [-0.3, -0.25) is 0 Å². The van der Waals surface area contributed by atoms with E-state index in [0.29, 0.717) is 6.54 Å². The van der Waals surface area contributed by atoms with Gasteiger partial charge in [0.2, 0.25) is 6.79 Å². The Morgan fingerprint density at radius 1 is 1.32 bits per heavy atom. The summed E-state index contributed by atoms with van der Waals surface area (Å²) >= 11 is 1.64. The van der Waals surface area contributed by atoms with Gasteiger partial charge in [0, 0.05) is 11.4 Å². The first-order valence-corrected chi connectivity index (χ1v) is 8.06. The Bertz CT molecular complexity index is 643. The highest BCUT2D eigenvalue weighted by Gasteiger charge is 2.13. The van der Waals surface area contributed by atoms with Crippen LogP contribution in [0.4, 0.5) is 4.79 Å². The van der Waals surface area contributed by atoms with E-state index < -0.39 is 0 Å². The summed E-state index contributed by atoms with van der Waals surface area (Å²) in [5.74, 6) is 1.55. The second-order valence-corrected chi connectivity index (χ2v) is 6.05. The molecule has 1 aliphatic rings. The molecular formula is C16H18N2O3S. The molecule has 1 aliphatic heterocycles. The third-order valence-electron chi connectivity index (χ3n) is 3.45. The minimum absolute atomic E-state index is 0.0190. The van der Waals surface area contributed by atoms with E-state index in [4.69, 9.17) is 9.47 Å². The van der Waals surface area contributed by atoms with Crippen LogP contribution >= 0.6 is 11.3 Å². The highest BCUT2D eigenvalue weighted by Crippen LogP contribution is 2.32. The van der Waals surface area contributed by atoms with E-state index in [0.717, 1.165) is 28.4 Å². The van der Waals surface area contributed by atoms with Gasteiger partial charge in [-0.2, -0.15) is 0 Å². The molecule has 6 heteroatoms. The minimum atomic E-state index is -0.151. The van der Waals surface area contributed by atoms with Gasteiger partial charge in [-0.05, 0) is 42.5 Å². The Morgan fingerprint density at radius 2 is 2.18 bits per heavy atom. The monoisotopic (exact) mass is 318 g/mol. The van der Waals surface area contributed by atoms with Gasteiger partial charge in [-0.25, -0.2) is 4.79 Å². The number of ether oxygens (including phenoxy) is 2. The molecule has 0 radical (unpaired) electrons. The molecule has 5 nitrogen and oxygen atoms in total. The number of thiophene rings is 1. The van der Waals surface area contributed by atoms with E-state index in [-0.39, 0.29) is 18.9 Å². The third kappa shape index (κ3) is 3.51. The van der Waals surface area contributed by atoms with Gasteiger partial charge >= 0.3 is 6.03 Å². The smallest absolute Gasteiger partial charge is 0.315 e. The number of rotatable bonds is 5. The molecule has 0 aliphatic carbocycles. The maximum atomic E-state index is 11.9. The van der Waals surface area contributed by atoms with Gasteiger partial charge in [0.05, 0.1) is 6.04 Å². The summed E-state index contributed by atoms with van der Waals surface area (Å²) in [6.07, 6.45) is 0.747. The van der Waals surface area contributed by atoms with Crippen molar-refractivity contribution in [1.29, 1.82) is 0 Å². The minimum Gasteiger partial charge on any atom is -0.454 e. The lowest BCUT2D eigenvalue weighted by Gasteiger charge is -2.13. The van der Waals surface area contributed by atoms with E-state index in [2.05, 4.69) is 10.6 Å². The molecule has 0 fully saturated rings. The van der Waals surface area contributed by atoms with Gasteiger partial charge in [0.1, 0.15) is 0 Å². The molecule has 2 amide bonds. The Balaban J connectivity index is 1.44. The molecule has 1 aromatic carbocycles. The van der Waals surface area contributed by atoms with Crippen molar-refractivity contribution in [2.24, 2.45) is 0 Å². The van der Waals surface area contributed by atoms with E-state index in [1.54, 1.807) is 11.3 Å². The zero-order chi connectivity index (χ0) is 15.4. The summed E-state index contributed by atoms with van der Waals surface area (Å²) in [4.78, 5) is 13.0. The van der Waals surface area contributed by atoms with E-state index >= 15 is 0 Å². The molecule has 0 saturated carbocycles. The molecule has 0 spiro atoms. The van der Waals surface area contributed by atoms with E-state index in [1.165, 1.54) is 0 Å². The molecule has 0 bridgehead atoms. The van der Waals surface area contributed by atoms with Crippen LogP contribution in [0.2, 0.25) is 0 Å². The van der Waals surface area contributed by atoms with Crippen molar-refractivity contribution in [3.63, 3.8) is 0 Å². The maximum Gasteiger partial charge on any atom is 0.315 e. The van der Waals surface area contributed by atoms with Gasteiger partial charge in [-0.1, -0.05) is 12.1 Å². The summed E-state index contributed by atoms with van der Waals surface area (Å²) < 4.78 is 10.6. The van der Waals surface area contributed by atoms with Gasteiger partial charge in [0.15, 0.2) is 11.5 Å². The Hall–Kier alpha value is -2.21. The summed E-state index contributed by atoms with van der Waals surface area (Å²) in [6, 6.07) is 9.71. The van der Waals surface area contributed by atoms with Crippen LogP contribution in [0.25, 0.3) is 0 Å². The number of nitrogens with one attached hydrogen (secondary N) is 2. The van der Waals surface area contributed by atoms with E-state index in [9.17, 15) is 4.79 Å². The number of hydrogen-bond donors (Lipinski definition) is 2. The van der Waals surface area contributed by atoms with Crippen LogP contribution in [0.3, 0.4) is 0 Å². The molecule has 116 valence electrons. The van der Waals surface area contributed by atoms with Crippen molar-refractivity contribution in [2.75, 3.05) is 13.3 Å². The second-order valence-electron chi connectivity index (χ2n) is 5.07. The van der Waals surface area contributed by atoms with Gasteiger partial charge in [0.25, 0.3) is 0 Å². The summed E-state index contributed by atoms with van der Waals surface area (Å²) in [6.45, 7) is 2.83. The van der Waals surface area contributed by atoms with Crippen molar-refractivity contribution in [1.82, 2.24) is 10.6 Å². The third-order valence-corrected chi connectivity index (χ3v) is 4.51. The Kier molecular flexibility index (Phi) is 4.48. The normalized spacial score (nSPS) is 13.7. The first-order chi connectivity index (χ1) is 10.7. The Labute approximate surface area is 133 Å². The average molecular weight is 318 g/mol. The van der Waals surface area contributed by atoms with Crippen molar-refractivity contribution < 1.29 is 14.3 Å². The molecule has 0 unspecified atom stereocenters. The molecule has 3 rings (SSSR count). The van der Waals surface area contributed by atoms with Crippen LogP contribution in [0.1, 0.15) is 23.4 Å². The molecule has 0 saturated heterocycles. The number of carbonyl (C=O) groups excluding carboxylic acids is 1.